The summed E-state index contributed by atoms with van der Waals surface area (Å²) in [6.07, 6.45) is 0.420. The van der Waals surface area contributed by atoms with Crippen LogP contribution in [0.3, 0.4) is 0 Å². The number of methoxy groups -OCH3 is 1. The Morgan fingerprint density at radius 1 is 1.30 bits per heavy atom. The standard InChI is InChI=1S/C13H24N4O3/c1-11(18)9-16-4-6-17(7-5-16)10-13-14-12(15-20-13)3-8-19-2/h11,18H,3-10H2,1-2H3/t11-/m0/s1. The molecule has 1 saturated heterocycles. The van der Waals surface area contributed by atoms with Crippen molar-refractivity contribution in [3.05, 3.63) is 11.7 Å². The molecular formula is C13H24N4O3. The fourth-order valence-corrected chi connectivity index (χ4v) is 2.34. The lowest BCUT2D eigenvalue weighted by atomic mass is 10.3. The lowest BCUT2D eigenvalue weighted by Crippen LogP contribution is -2.47. The van der Waals surface area contributed by atoms with Gasteiger partial charge in [-0.1, -0.05) is 5.16 Å². The molecule has 2 heterocycles. The van der Waals surface area contributed by atoms with Gasteiger partial charge in [0.2, 0.25) is 5.89 Å². The van der Waals surface area contributed by atoms with Crippen LogP contribution >= 0.6 is 0 Å². The van der Waals surface area contributed by atoms with E-state index in [1.54, 1.807) is 7.11 Å². The molecular weight excluding hydrogens is 260 g/mol. The van der Waals surface area contributed by atoms with Crippen LogP contribution in [0, 0.1) is 0 Å². The number of hydrogen-bond donors (Lipinski definition) is 1. The van der Waals surface area contributed by atoms with Crippen molar-refractivity contribution < 1.29 is 14.4 Å². The maximum Gasteiger partial charge on any atom is 0.240 e. The van der Waals surface area contributed by atoms with Gasteiger partial charge in [0.05, 0.1) is 19.3 Å². The zero-order valence-corrected chi connectivity index (χ0v) is 12.3. The van der Waals surface area contributed by atoms with Gasteiger partial charge in [-0.05, 0) is 6.92 Å². The van der Waals surface area contributed by atoms with Crippen LogP contribution in [0.5, 0.6) is 0 Å². The third kappa shape index (κ3) is 4.82. The second kappa shape index (κ2) is 7.68. The SMILES string of the molecule is COCCc1noc(CN2CCN(C[C@H](C)O)CC2)n1. The van der Waals surface area contributed by atoms with E-state index in [0.717, 1.165) is 32.7 Å². The number of aliphatic hydroxyl groups is 1. The largest absolute Gasteiger partial charge is 0.392 e. The smallest absolute Gasteiger partial charge is 0.240 e. The minimum Gasteiger partial charge on any atom is -0.392 e. The minimum atomic E-state index is -0.263. The predicted octanol–water partition coefficient (Wildman–Crippen LogP) is -0.243. The highest BCUT2D eigenvalue weighted by Crippen LogP contribution is 2.08. The zero-order chi connectivity index (χ0) is 14.4. The maximum absolute atomic E-state index is 9.38. The van der Waals surface area contributed by atoms with Crippen molar-refractivity contribution in [1.82, 2.24) is 19.9 Å². The topological polar surface area (TPSA) is 74.9 Å². The normalized spacial score (nSPS) is 19.4. The van der Waals surface area contributed by atoms with Crippen LogP contribution in [-0.2, 0) is 17.7 Å². The molecule has 0 bridgehead atoms. The first-order valence-corrected chi connectivity index (χ1v) is 7.10. The summed E-state index contributed by atoms with van der Waals surface area (Å²) in [4.78, 5) is 8.93. The Bertz CT molecular complexity index is 389. The molecule has 7 nitrogen and oxygen atoms in total. The molecule has 0 aliphatic carbocycles. The molecule has 114 valence electrons. The third-order valence-corrected chi connectivity index (χ3v) is 3.39. The Morgan fingerprint density at radius 3 is 2.65 bits per heavy atom. The van der Waals surface area contributed by atoms with Crippen LogP contribution < -0.4 is 0 Å². The van der Waals surface area contributed by atoms with Gasteiger partial charge < -0.3 is 14.4 Å². The molecule has 1 aliphatic rings. The highest BCUT2D eigenvalue weighted by Gasteiger charge is 2.19. The van der Waals surface area contributed by atoms with Crippen LogP contribution in [0.4, 0.5) is 0 Å². The third-order valence-electron chi connectivity index (χ3n) is 3.39. The molecule has 0 aromatic carbocycles. The summed E-state index contributed by atoms with van der Waals surface area (Å²) in [6, 6.07) is 0. The number of rotatable bonds is 7. The molecule has 1 fully saturated rings. The number of β-amino-alcohol motifs (C(OH)–C–C–N with tert-alkyl or cyclic N) is 1. The molecule has 0 spiro atoms. The van der Waals surface area contributed by atoms with Gasteiger partial charge in [-0.3, -0.25) is 9.80 Å². The van der Waals surface area contributed by atoms with Crippen molar-refractivity contribution in [3.8, 4) is 0 Å². The number of aromatic nitrogens is 2. The number of piperazine rings is 1. The van der Waals surface area contributed by atoms with Crippen molar-refractivity contribution in [1.29, 1.82) is 0 Å². The highest BCUT2D eigenvalue weighted by atomic mass is 16.5. The van der Waals surface area contributed by atoms with Crippen molar-refractivity contribution in [2.75, 3.05) is 46.4 Å². The van der Waals surface area contributed by atoms with Crippen LogP contribution in [0.15, 0.2) is 4.52 Å². The van der Waals surface area contributed by atoms with Gasteiger partial charge in [-0.15, -0.1) is 0 Å². The van der Waals surface area contributed by atoms with E-state index in [9.17, 15) is 5.11 Å². The van der Waals surface area contributed by atoms with Gasteiger partial charge in [-0.25, -0.2) is 0 Å². The van der Waals surface area contributed by atoms with E-state index < -0.39 is 0 Å². The number of hydrogen-bond acceptors (Lipinski definition) is 7. The molecule has 0 unspecified atom stereocenters. The monoisotopic (exact) mass is 284 g/mol. The van der Waals surface area contributed by atoms with E-state index in [2.05, 4.69) is 19.9 Å². The second-order valence-corrected chi connectivity index (χ2v) is 5.27. The average Bonchev–Trinajstić information content (AvgIpc) is 2.86. The Balaban J connectivity index is 1.73. The number of aliphatic hydroxyl groups excluding tert-OH is 1. The predicted molar refractivity (Wildman–Crippen MR) is 73.3 cm³/mol. The molecule has 0 radical (unpaired) electrons. The Labute approximate surface area is 119 Å². The van der Waals surface area contributed by atoms with Gasteiger partial charge in [0, 0.05) is 46.3 Å². The Hall–Kier alpha value is -1.02. The molecule has 1 N–H and O–H groups in total. The number of nitrogens with zero attached hydrogens (tertiary/aromatic N) is 4. The van der Waals surface area contributed by atoms with Crippen LogP contribution in [0.2, 0.25) is 0 Å². The molecule has 1 aromatic heterocycles. The van der Waals surface area contributed by atoms with Gasteiger partial charge in [0.25, 0.3) is 0 Å². The first-order valence-electron chi connectivity index (χ1n) is 7.10. The average molecular weight is 284 g/mol. The lowest BCUT2D eigenvalue weighted by molar-refractivity contribution is 0.0737. The van der Waals surface area contributed by atoms with Gasteiger partial charge >= 0.3 is 0 Å². The molecule has 1 atom stereocenters. The second-order valence-electron chi connectivity index (χ2n) is 5.27. The molecule has 1 aromatic rings. The van der Waals surface area contributed by atoms with E-state index in [1.165, 1.54) is 0 Å². The molecule has 0 saturated carbocycles. The summed E-state index contributed by atoms with van der Waals surface area (Å²) in [7, 11) is 1.66. The Morgan fingerprint density at radius 2 is 2.00 bits per heavy atom. The van der Waals surface area contributed by atoms with Crippen molar-refractivity contribution in [3.63, 3.8) is 0 Å². The van der Waals surface area contributed by atoms with Crippen molar-refractivity contribution in [2.45, 2.75) is 26.0 Å². The van der Waals surface area contributed by atoms with E-state index in [-0.39, 0.29) is 6.10 Å². The summed E-state index contributed by atoms with van der Waals surface area (Å²) in [5, 5.41) is 13.3. The summed E-state index contributed by atoms with van der Waals surface area (Å²) >= 11 is 0. The molecule has 20 heavy (non-hydrogen) atoms. The first kappa shape index (κ1) is 15.4. The van der Waals surface area contributed by atoms with Crippen molar-refractivity contribution >= 4 is 0 Å². The van der Waals surface area contributed by atoms with E-state index in [4.69, 9.17) is 9.26 Å². The molecule has 0 amide bonds. The lowest BCUT2D eigenvalue weighted by Gasteiger charge is -2.34. The first-order chi connectivity index (χ1) is 9.67. The van der Waals surface area contributed by atoms with E-state index in [0.29, 0.717) is 31.3 Å². The summed E-state index contributed by atoms with van der Waals surface area (Å²) in [5.41, 5.74) is 0. The summed E-state index contributed by atoms with van der Waals surface area (Å²) in [6.45, 7) is 7.73. The molecule has 2 rings (SSSR count). The van der Waals surface area contributed by atoms with Gasteiger partial charge in [0.1, 0.15) is 0 Å². The van der Waals surface area contributed by atoms with Crippen LogP contribution in [-0.4, -0.2) is 77.6 Å². The fourth-order valence-electron chi connectivity index (χ4n) is 2.34. The van der Waals surface area contributed by atoms with E-state index >= 15 is 0 Å². The quantitative estimate of drug-likeness (QED) is 0.740. The summed E-state index contributed by atoms with van der Waals surface area (Å²) in [5.74, 6) is 1.37. The summed E-state index contributed by atoms with van der Waals surface area (Å²) < 4.78 is 10.2. The number of ether oxygens (including phenoxy) is 1. The van der Waals surface area contributed by atoms with Crippen molar-refractivity contribution in [2.24, 2.45) is 0 Å². The molecule has 1 aliphatic heterocycles. The maximum atomic E-state index is 9.38. The fraction of sp³-hybridized carbons (Fsp3) is 0.846. The Kier molecular flexibility index (Phi) is 5.90. The van der Waals surface area contributed by atoms with Crippen LogP contribution in [0.1, 0.15) is 18.6 Å². The van der Waals surface area contributed by atoms with Gasteiger partial charge in [0.15, 0.2) is 5.82 Å². The minimum absolute atomic E-state index is 0.263. The zero-order valence-electron chi connectivity index (χ0n) is 12.3. The van der Waals surface area contributed by atoms with E-state index in [1.807, 2.05) is 6.92 Å². The van der Waals surface area contributed by atoms with Crippen LogP contribution in [0.25, 0.3) is 0 Å². The van der Waals surface area contributed by atoms with Gasteiger partial charge in [-0.2, -0.15) is 4.98 Å². The highest BCUT2D eigenvalue weighted by molar-refractivity contribution is 4.87. The molecule has 7 heteroatoms.